The highest BCUT2D eigenvalue weighted by molar-refractivity contribution is 5.97. The molecule has 0 bridgehead atoms. The molecule has 0 saturated heterocycles. The molecule has 0 unspecified atom stereocenters. The van der Waals surface area contributed by atoms with E-state index >= 15 is 0 Å². The molecule has 0 fully saturated rings. The van der Waals surface area contributed by atoms with Gasteiger partial charge >= 0.3 is 5.97 Å². The van der Waals surface area contributed by atoms with Crippen LogP contribution in [0, 0.1) is 11.3 Å². The van der Waals surface area contributed by atoms with Crippen LogP contribution in [0.15, 0.2) is 78.4 Å². The van der Waals surface area contributed by atoms with Crippen LogP contribution in [0.1, 0.15) is 5.56 Å². The predicted octanol–water partition coefficient (Wildman–Crippen LogP) is 5.17. The standard InChI is InChI=1S/C24H20N2O4/c1-29-22-12-10-20(11-13-22)26(19-6-4-3-5-7-19)21-9-8-17(23(15-21)30-2)14-18(16-25)24(27)28/h3-15H,1-2H3,(H,27,28)/b18-14+. The third-order valence-corrected chi connectivity index (χ3v) is 4.47. The first-order valence-electron chi connectivity index (χ1n) is 9.09. The van der Waals surface area contributed by atoms with Crippen LogP contribution in [0.2, 0.25) is 0 Å². The van der Waals surface area contributed by atoms with Crippen molar-refractivity contribution >= 4 is 29.1 Å². The van der Waals surface area contributed by atoms with Gasteiger partial charge in [0.2, 0.25) is 0 Å². The number of hydrogen-bond donors (Lipinski definition) is 1. The molecule has 0 radical (unpaired) electrons. The smallest absolute Gasteiger partial charge is 0.346 e. The molecular weight excluding hydrogens is 380 g/mol. The molecular formula is C24H20N2O4. The fourth-order valence-corrected chi connectivity index (χ4v) is 3.01. The molecule has 0 heterocycles. The predicted molar refractivity (Wildman–Crippen MR) is 115 cm³/mol. The molecule has 0 spiro atoms. The first kappa shape index (κ1) is 20.5. The van der Waals surface area contributed by atoms with Crippen molar-refractivity contribution in [2.45, 2.75) is 0 Å². The molecule has 3 rings (SSSR count). The molecule has 150 valence electrons. The summed E-state index contributed by atoms with van der Waals surface area (Å²) in [6.45, 7) is 0. The Balaban J connectivity index is 2.12. The third-order valence-electron chi connectivity index (χ3n) is 4.47. The zero-order valence-corrected chi connectivity index (χ0v) is 16.6. The average molecular weight is 400 g/mol. The van der Waals surface area contributed by atoms with Crippen molar-refractivity contribution in [3.63, 3.8) is 0 Å². The molecule has 0 aliphatic carbocycles. The lowest BCUT2D eigenvalue weighted by molar-refractivity contribution is -0.132. The van der Waals surface area contributed by atoms with E-state index in [1.54, 1.807) is 25.3 Å². The van der Waals surface area contributed by atoms with E-state index in [-0.39, 0.29) is 5.57 Å². The van der Waals surface area contributed by atoms with Gasteiger partial charge in [-0.3, -0.25) is 0 Å². The molecule has 3 aromatic carbocycles. The number of rotatable bonds is 7. The molecule has 0 aromatic heterocycles. The fourth-order valence-electron chi connectivity index (χ4n) is 3.01. The van der Waals surface area contributed by atoms with E-state index in [4.69, 9.17) is 19.8 Å². The molecule has 0 amide bonds. The summed E-state index contributed by atoms with van der Waals surface area (Å²) >= 11 is 0. The minimum atomic E-state index is -1.28. The average Bonchev–Trinajstić information content (AvgIpc) is 2.79. The van der Waals surface area contributed by atoms with Gasteiger partial charge in [-0.15, -0.1) is 0 Å². The summed E-state index contributed by atoms with van der Waals surface area (Å²) in [5, 5.41) is 18.2. The number of ether oxygens (including phenoxy) is 2. The van der Waals surface area contributed by atoms with Gasteiger partial charge in [-0.2, -0.15) is 5.26 Å². The Labute approximate surface area is 174 Å². The molecule has 0 atom stereocenters. The molecule has 0 aliphatic rings. The number of para-hydroxylation sites is 1. The quantitative estimate of drug-likeness (QED) is 0.435. The molecule has 0 aliphatic heterocycles. The fraction of sp³-hybridized carbons (Fsp3) is 0.0833. The highest BCUT2D eigenvalue weighted by Crippen LogP contribution is 2.38. The van der Waals surface area contributed by atoms with Crippen LogP contribution in [-0.2, 0) is 4.79 Å². The molecule has 6 nitrogen and oxygen atoms in total. The van der Waals surface area contributed by atoms with Gasteiger partial charge in [-0.05, 0) is 54.6 Å². The van der Waals surface area contributed by atoms with Crippen molar-refractivity contribution in [3.8, 4) is 17.6 Å². The van der Waals surface area contributed by atoms with Crippen molar-refractivity contribution in [1.82, 2.24) is 0 Å². The maximum atomic E-state index is 11.2. The van der Waals surface area contributed by atoms with E-state index in [9.17, 15) is 4.79 Å². The Morgan fingerprint density at radius 3 is 2.13 bits per heavy atom. The number of nitrogens with zero attached hydrogens (tertiary/aromatic N) is 2. The number of carboxylic acid groups (broad SMARTS) is 1. The number of carbonyl (C=O) groups is 1. The van der Waals surface area contributed by atoms with E-state index < -0.39 is 5.97 Å². The van der Waals surface area contributed by atoms with Crippen molar-refractivity contribution in [2.75, 3.05) is 19.1 Å². The Morgan fingerprint density at radius 1 is 0.933 bits per heavy atom. The van der Waals surface area contributed by atoms with Crippen LogP contribution >= 0.6 is 0 Å². The van der Waals surface area contributed by atoms with Crippen molar-refractivity contribution < 1.29 is 19.4 Å². The highest BCUT2D eigenvalue weighted by Gasteiger charge is 2.15. The minimum absolute atomic E-state index is 0.365. The zero-order valence-electron chi connectivity index (χ0n) is 16.6. The van der Waals surface area contributed by atoms with Gasteiger partial charge in [0.15, 0.2) is 0 Å². The van der Waals surface area contributed by atoms with Crippen molar-refractivity contribution in [3.05, 3.63) is 83.9 Å². The Bertz CT molecular complexity index is 1100. The normalized spacial score (nSPS) is 10.8. The van der Waals surface area contributed by atoms with Crippen molar-refractivity contribution in [2.24, 2.45) is 0 Å². The van der Waals surface area contributed by atoms with E-state index in [0.29, 0.717) is 11.3 Å². The van der Waals surface area contributed by atoms with Crippen LogP contribution in [0.25, 0.3) is 6.08 Å². The first-order valence-corrected chi connectivity index (χ1v) is 9.09. The van der Waals surface area contributed by atoms with Crippen LogP contribution in [0.3, 0.4) is 0 Å². The number of nitriles is 1. The summed E-state index contributed by atoms with van der Waals surface area (Å²) in [5.41, 5.74) is 2.81. The Morgan fingerprint density at radius 2 is 1.57 bits per heavy atom. The second-order valence-electron chi connectivity index (χ2n) is 6.27. The Kier molecular flexibility index (Phi) is 6.36. The number of hydrogen-bond acceptors (Lipinski definition) is 5. The molecule has 6 heteroatoms. The second-order valence-corrected chi connectivity index (χ2v) is 6.27. The van der Waals surface area contributed by atoms with Gasteiger partial charge in [0.05, 0.1) is 14.2 Å². The van der Waals surface area contributed by atoms with Gasteiger partial charge in [-0.1, -0.05) is 18.2 Å². The monoisotopic (exact) mass is 400 g/mol. The summed E-state index contributed by atoms with van der Waals surface area (Å²) in [5.74, 6) is -0.0775. The summed E-state index contributed by atoms with van der Waals surface area (Å²) in [6.07, 6.45) is 1.30. The summed E-state index contributed by atoms with van der Waals surface area (Å²) in [6, 6.07) is 24.6. The lowest BCUT2D eigenvalue weighted by Crippen LogP contribution is -2.10. The molecule has 30 heavy (non-hydrogen) atoms. The molecule has 0 saturated carbocycles. The summed E-state index contributed by atoms with van der Waals surface area (Å²) < 4.78 is 10.7. The number of anilines is 3. The first-order chi connectivity index (χ1) is 14.6. The number of methoxy groups -OCH3 is 2. The van der Waals surface area contributed by atoms with Crippen LogP contribution < -0.4 is 14.4 Å². The van der Waals surface area contributed by atoms with E-state index in [2.05, 4.69) is 0 Å². The largest absolute Gasteiger partial charge is 0.497 e. The summed E-state index contributed by atoms with van der Waals surface area (Å²) in [4.78, 5) is 13.2. The van der Waals surface area contributed by atoms with Gasteiger partial charge in [0.1, 0.15) is 23.1 Å². The van der Waals surface area contributed by atoms with E-state index in [0.717, 1.165) is 22.8 Å². The maximum absolute atomic E-state index is 11.2. The van der Waals surface area contributed by atoms with E-state index in [1.807, 2.05) is 65.6 Å². The zero-order chi connectivity index (χ0) is 21.5. The topological polar surface area (TPSA) is 82.8 Å². The third kappa shape index (κ3) is 4.42. The van der Waals surface area contributed by atoms with Gasteiger partial charge in [-0.25, -0.2) is 4.79 Å². The van der Waals surface area contributed by atoms with Crippen LogP contribution in [0.4, 0.5) is 17.1 Å². The second kappa shape index (κ2) is 9.30. The van der Waals surface area contributed by atoms with Gasteiger partial charge < -0.3 is 19.5 Å². The maximum Gasteiger partial charge on any atom is 0.346 e. The van der Waals surface area contributed by atoms with Crippen LogP contribution in [-0.4, -0.2) is 25.3 Å². The SMILES string of the molecule is COc1ccc(N(c2ccccc2)c2ccc(/C=C(\C#N)C(=O)O)c(OC)c2)cc1. The molecule has 3 aromatic rings. The highest BCUT2D eigenvalue weighted by atomic mass is 16.5. The van der Waals surface area contributed by atoms with Crippen LogP contribution in [0.5, 0.6) is 11.5 Å². The lowest BCUT2D eigenvalue weighted by atomic mass is 10.1. The lowest BCUT2D eigenvalue weighted by Gasteiger charge is -2.26. The number of benzene rings is 3. The molecule has 1 N–H and O–H groups in total. The number of aliphatic carboxylic acids is 1. The van der Waals surface area contributed by atoms with E-state index in [1.165, 1.54) is 13.2 Å². The number of carboxylic acids is 1. The van der Waals surface area contributed by atoms with Crippen molar-refractivity contribution in [1.29, 1.82) is 5.26 Å². The van der Waals surface area contributed by atoms with Gasteiger partial charge in [0, 0.05) is 28.7 Å². The Hall–Kier alpha value is -4.24. The minimum Gasteiger partial charge on any atom is -0.497 e. The summed E-state index contributed by atoms with van der Waals surface area (Å²) in [7, 11) is 3.12. The van der Waals surface area contributed by atoms with Gasteiger partial charge in [0.25, 0.3) is 0 Å².